The van der Waals surface area contributed by atoms with Gasteiger partial charge in [-0.3, -0.25) is 9.69 Å². The van der Waals surface area contributed by atoms with Crippen molar-refractivity contribution in [2.24, 2.45) is 5.92 Å². The second-order valence-electron chi connectivity index (χ2n) is 5.15. The van der Waals surface area contributed by atoms with Crippen LogP contribution >= 0.6 is 11.3 Å². The van der Waals surface area contributed by atoms with Crippen molar-refractivity contribution in [3.8, 4) is 0 Å². The summed E-state index contributed by atoms with van der Waals surface area (Å²) in [5, 5.41) is 9.09. The van der Waals surface area contributed by atoms with E-state index in [0.29, 0.717) is 12.5 Å². The lowest BCUT2D eigenvalue weighted by Crippen LogP contribution is -2.38. The van der Waals surface area contributed by atoms with Crippen LogP contribution in [0.25, 0.3) is 0 Å². The van der Waals surface area contributed by atoms with E-state index in [2.05, 4.69) is 4.90 Å². The molecule has 1 aromatic heterocycles. The first-order valence-corrected chi connectivity index (χ1v) is 7.35. The lowest BCUT2D eigenvalue weighted by molar-refractivity contribution is 0.0864. The molecule has 2 rings (SSSR count). The molecule has 0 atom stereocenters. The van der Waals surface area contributed by atoms with Gasteiger partial charge in [0.25, 0.3) is 0 Å². The van der Waals surface area contributed by atoms with Gasteiger partial charge >= 0.3 is 0 Å². The summed E-state index contributed by atoms with van der Waals surface area (Å²) in [5.41, 5.74) is 0.891. The number of aliphatic hydroxyl groups excluding tert-OH is 1. The monoisotopic (exact) mass is 267 g/mol. The van der Waals surface area contributed by atoms with Crippen molar-refractivity contribution in [2.75, 3.05) is 26.2 Å². The topological polar surface area (TPSA) is 40.5 Å². The van der Waals surface area contributed by atoms with E-state index in [1.54, 1.807) is 11.3 Å². The van der Waals surface area contributed by atoms with E-state index < -0.39 is 0 Å². The van der Waals surface area contributed by atoms with Crippen LogP contribution in [0, 0.1) is 19.8 Å². The van der Waals surface area contributed by atoms with Gasteiger partial charge in [-0.15, -0.1) is 11.3 Å². The summed E-state index contributed by atoms with van der Waals surface area (Å²) in [6.07, 6.45) is 2.01. The van der Waals surface area contributed by atoms with Crippen LogP contribution < -0.4 is 0 Å². The van der Waals surface area contributed by atoms with Crippen LogP contribution in [0.3, 0.4) is 0 Å². The Bertz CT molecular complexity index is 419. The number of nitrogens with zero attached hydrogens (tertiary/aromatic N) is 1. The quantitative estimate of drug-likeness (QED) is 0.851. The van der Waals surface area contributed by atoms with Crippen LogP contribution in [0.5, 0.6) is 0 Å². The Labute approximate surface area is 112 Å². The number of carbonyl (C=O) groups excluding carboxylic acids is 1. The van der Waals surface area contributed by atoms with Crippen LogP contribution in [0.4, 0.5) is 0 Å². The molecule has 0 aromatic carbocycles. The number of carbonyl (C=O) groups is 1. The van der Waals surface area contributed by atoms with Gasteiger partial charge in [0.2, 0.25) is 0 Å². The van der Waals surface area contributed by atoms with Crippen molar-refractivity contribution in [3.63, 3.8) is 0 Å². The molecule has 1 aromatic rings. The highest BCUT2D eigenvalue weighted by molar-refractivity contribution is 7.12. The molecule has 0 saturated carbocycles. The molecule has 0 spiro atoms. The first kappa shape index (κ1) is 13.7. The second-order valence-corrected chi connectivity index (χ2v) is 6.61. The van der Waals surface area contributed by atoms with E-state index >= 15 is 0 Å². The minimum absolute atomic E-state index is 0.235. The highest BCUT2D eigenvalue weighted by Crippen LogP contribution is 2.22. The third-order valence-corrected chi connectivity index (χ3v) is 4.64. The van der Waals surface area contributed by atoms with Gasteiger partial charge < -0.3 is 5.11 Å². The third kappa shape index (κ3) is 3.19. The molecule has 0 radical (unpaired) electrons. The van der Waals surface area contributed by atoms with E-state index in [4.69, 9.17) is 5.11 Å². The summed E-state index contributed by atoms with van der Waals surface area (Å²) in [5.74, 6) is 0.667. The van der Waals surface area contributed by atoms with Gasteiger partial charge in [0, 0.05) is 21.9 Å². The molecule has 1 aliphatic heterocycles. The minimum atomic E-state index is 0.235. The number of thiophene rings is 1. The Kier molecular flexibility index (Phi) is 4.54. The van der Waals surface area contributed by atoms with Crippen molar-refractivity contribution >= 4 is 17.1 Å². The normalized spacial score (nSPS) is 18.2. The maximum atomic E-state index is 12.2. The molecule has 1 N–H and O–H groups in total. The lowest BCUT2D eigenvalue weighted by Gasteiger charge is -2.30. The van der Waals surface area contributed by atoms with Crippen molar-refractivity contribution in [1.29, 1.82) is 0 Å². The van der Waals surface area contributed by atoms with Gasteiger partial charge in [-0.2, -0.15) is 0 Å². The average Bonchev–Trinajstić information content (AvgIpc) is 2.69. The fraction of sp³-hybridized carbons (Fsp3) is 0.643. The molecule has 0 amide bonds. The summed E-state index contributed by atoms with van der Waals surface area (Å²) in [4.78, 5) is 16.8. The van der Waals surface area contributed by atoms with Gasteiger partial charge in [-0.05, 0) is 51.8 Å². The lowest BCUT2D eigenvalue weighted by atomic mass is 9.97. The van der Waals surface area contributed by atoms with Gasteiger partial charge in [-0.1, -0.05) is 0 Å². The first-order valence-electron chi connectivity index (χ1n) is 6.53. The molecular weight excluding hydrogens is 246 g/mol. The molecule has 1 fully saturated rings. The Morgan fingerprint density at radius 1 is 1.44 bits per heavy atom. The van der Waals surface area contributed by atoms with Crippen LogP contribution in [-0.2, 0) is 0 Å². The smallest absolute Gasteiger partial charge is 0.177 e. The second kappa shape index (κ2) is 5.95. The van der Waals surface area contributed by atoms with Crippen molar-refractivity contribution in [2.45, 2.75) is 26.7 Å². The van der Waals surface area contributed by atoms with E-state index in [9.17, 15) is 4.79 Å². The standard InChI is InChI=1S/C14H21NO2S/c1-10-7-13(11(2)18-10)14(17)8-15-5-3-12(9-16)4-6-15/h7,12,16H,3-6,8-9H2,1-2H3. The number of ketones is 1. The number of Topliss-reactive ketones (excluding diaryl/α,β-unsaturated/α-hetero) is 1. The minimum Gasteiger partial charge on any atom is -0.396 e. The SMILES string of the molecule is Cc1cc(C(=O)CN2CCC(CO)CC2)c(C)s1. The van der Waals surface area contributed by atoms with Crippen LogP contribution in [0.2, 0.25) is 0 Å². The number of hydrogen-bond donors (Lipinski definition) is 1. The van der Waals surface area contributed by atoms with Crippen molar-refractivity contribution < 1.29 is 9.90 Å². The van der Waals surface area contributed by atoms with Crippen LogP contribution in [-0.4, -0.2) is 42.0 Å². The highest BCUT2D eigenvalue weighted by Gasteiger charge is 2.21. The summed E-state index contributed by atoms with van der Waals surface area (Å²) in [6.45, 7) is 6.72. The van der Waals surface area contributed by atoms with E-state index in [1.165, 1.54) is 4.88 Å². The Morgan fingerprint density at radius 2 is 2.11 bits per heavy atom. The molecule has 4 heteroatoms. The Hall–Kier alpha value is -0.710. The molecule has 0 bridgehead atoms. The van der Waals surface area contributed by atoms with E-state index in [-0.39, 0.29) is 12.4 Å². The molecule has 2 heterocycles. The number of likely N-dealkylation sites (tertiary alicyclic amines) is 1. The van der Waals surface area contributed by atoms with E-state index in [1.807, 2.05) is 19.9 Å². The number of aliphatic hydroxyl groups is 1. The van der Waals surface area contributed by atoms with Gasteiger partial charge in [0.05, 0.1) is 6.54 Å². The largest absolute Gasteiger partial charge is 0.396 e. The third-order valence-electron chi connectivity index (χ3n) is 3.67. The van der Waals surface area contributed by atoms with Crippen molar-refractivity contribution in [3.05, 3.63) is 21.4 Å². The molecule has 1 aliphatic rings. The van der Waals surface area contributed by atoms with Gasteiger partial charge in [0.15, 0.2) is 5.78 Å². The summed E-state index contributed by atoms with van der Waals surface area (Å²) in [7, 11) is 0. The van der Waals surface area contributed by atoms with Crippen molar-refractivity contribution in [1.82, 2.24) is 4.90 Å². The summed E-state index contributed by atoms with van der Waals surface area (Å²) < 4.78 is 0. The number of piperidine rings is 1. The first-order chi connectivity index (χ1) is 8.60. The predicted octanol–water partition coefficient (Wildman–Crippen LogP) is 2.25. The zero-order valence-electron chi connectivity index (χ0n) is 11.1. The molecular formula is C14H21NO2S. The Morgan fingerprint density at radius 3 is 2.61 bits per heavy atom. The van der Waals surface area contributed by atoms with E-state index in [0.717, 1.165) is 36.4 Å². The zero-order chi connectivity index (χ0) is 13.1. The average molecular weight is 267 g/mol. The Balaban J connectivity index is 1.90. The number of hydrogen-bond acceptors (Lipinski definition) is 4. The molecule has 18 heavy (non-hydrogen) atoms. The van der Waals surface area contributed by atoms with Crippen LogP contribution in [0.15, 0.2) is 6.07 Å². The fourth-order valence-electron chi connectivity index (χ4n) is 2.52. The summed E-state index contributed by atoms with van der Waals surface area (Å²) in [6, 6.07) is 2.00. The summed E-state index contributed by atoms with van der Waals surface area (Å²) >= 11 is 1.69. The van der Waals surface area contributed by atoms with Crippen LogP contribution in [0.1, 0.15) is 33.0 Å². The molecule has 0 aliphatic carbocycles. The fourth-order valence-corrected chi connectivity index (χ4v) is 3.47. The molecule has 100 valence electrons. The zero-order valence-corrected chi connectivity index (χ0v) is 11.9. The highest BCUT2D eigenvalue weighted by atomic mass is 32.1. The maximum absolute atomic E-state index is 12.2. The molecule has 0 unspecified atom stereocenters. The molecule has 3 nitrogen and oxygen atoms in total. The predicted molar refractivity (Wildman–Crippen MR) is 74.4 cm³/mol. The van der Waals surface area contributed by atoms with Gasteiger partial charge in [-0.25, -0.2) is 0 Å². The van der Waals surface area contributed by atoms with Gasteiger partial charge in [0.1, 0.15) is 0 Å². The number of rotatable bonds is 4. The maximum Gasteiger partial charge on any atom is 0.177 e. The molecule has 1 saturated heterocycles. The number of aryl methyl sites for hydroxylation is 2.